The summed E-state index contributed by atoms with van der Waals surface area (Å²) < 4.78 is 6.02. The van der Waals surface area contributed by atoms with E-state index in [4.69, 9.17) is 4.74 Å². The zero-order chi connectivity index (χ0) is 13.5. The Morgan fingerprint density at radius 3 is 2.95 bits per heavy atom. The molecule has 3 nitrogen and oxygen atoms in total. The Morgan fingerprint density at radius 1 is 1.30 bits per heavy atom. The molecule has 3 heterocycles. The minimum Gasteiger partial charge on any atom is -0.375 e. The normalized spacial score (nSPS) is 29.9. The van der Waals surface area contributed by atoms with Crippen molar-refractivity contribution in [2.24, 2.45) is 5.92 Å². The zero-order valence-electron chi connectivity index (χ0n) is 11.8. The molecule has 2 aliphatic rings. The number of pyridine rings is 1. The molecule has 2 aromatic rings. The van der Waals surface area contributed by atoms with E-state index in [0.717, 1.165) is 5.52 Å². The molecular weight excluding hydrogens is 248 g/mol. The van der Waals surface area contributed by atoms with Crippen LogP contribution < -0.4 is 5.32 Å². The highest BCUT2D eigenvalue weighted by atomic mass is 16.5. The van der Waals surface area contributed by atoms with Crippen molar-refractivity contribution in [1.29, 1.82) is 0 Å². The van der Waals surface area contributed by atoms with Gasteiger partial charge in [0.25, 0.3) is 0 Å². The molecule has 1 N–H and O–H groups in total. The number of hydrogen-bond donors (Lipinski definition) is 1. The Labute approximate surface area is 119 Å². The van der Waals surface area contributed by atoms with Gasteiger partial charge in [-0.25, -0.2) is 0 Å². The van der Waals surface area contributed by atoms with Gasteiger partial charge in [-0.2, -0.15) is 0 Å². The minimum absolute atomic E-state index is 0.349. The lowest BCUT2D eigenvalue weighted by atomic mass is 9.81. The molecule has 20 heavy (non-hydrogen) atoms. The first-order chi connectivity index (χ1) is 9.85. The fourth-order valence-corrected chi connectivity index (χ4v) is 3.91. The fraction of sp³-hybridized carbons (Fsp3) is 0.471. The van der Waals surface area contributed by atoms with Gasteiger partial charge in [0.1, 0.15) is 0 Å². The minimum atomic E-state index is 0.349. The molecule has 0 saturated carbocycles. The third kappa shape index (κ3) is 1.93. The summed E-state index contributed by atoms with van der Waals surface area (Å²) in [6.45, 7) is 0. The summed E-state index contributed by atoms with van der Waals surface area (Å²) in [5.41, 5.74) is 2.35. The third-order valence-electron chi connectivity index (χ3n) is 4.86. The van der Waals surface area contributed by atoms with E-state index >= 15 is 0 Å². The molecule has 104 valence electrons. The van der Waals surface area contributed by atoms with Crippen LogP contribution in [-0.4, -0.2) is 24.2 Å². The summed E-state index contributed by atoms with van der Waals surface area (Å²) in [6, 6.07) is 10.9. The maximum Gasteiger partial charge on any atom is 0.0702 e. The Hall–Kier alpha value is -1.45. The topological polar surface area (TPSA) is 34.2 Å². The molecular formula is C17H20N2O. The van der Waals surface area contributed by atoms with Crippen LogP contribution in [0, 0.1) is 5.92 Å². The summed E-state index contributed by atoms with van der Waals surface area (Å²) in [5.74, 6) is 0.585. The van der Waals surface area contributed by atoms with Crippen LogP contribution >= 0.6 is 0 Å². The lowest BCUT2D eigenvalue weighted by Gasteiger charge is -2.28. The van der Waals surface area contributed by atoms with E-state index in [0.29, 0.717) is 24.2 Å². The van der Waals surface area contributed by atoms with Crippen LogP contribution in [0.1, 0.15) is 30.9 Å². The fourth-order valence-electron chi connectivity index (χ4n) is 3.91. The quantitative estimate of drug-likeness (QED) is 0.929. The highest BCUT2D eigenvalue weighted by molar-refractivity contribution is 5.78. The van der Waals surface area contributed by atoms with Crippen molar-refractivity contribution in [3.63, 3.8) is 0 Å². The molecule has 0 radical (unpaired) electrons. The maximum absolute atomic E-state index is 6.02. The molecule has 2 fully saturated rings. The van der Waals surface area contributed by atoms with Gasteiger partial charge < -0.3 is 10.1 Å². The SMILES string of the molecule is CNC(c1cnc2ccccc2c1)C1CC2CCC1O2. The molecule has 4 rings (SSSR count). The van der Waals surface area contributed by atoms with Gasteiger partial charge in [-0.3, -0.25) is 4.98 Å². The second-order valence-electron chi connectivity index (χ2n) is 6.00. The summed E-state index contributed by atoms with van der Waals surface area (Å²) >= 11 is 0. The first kappa shape index (κ1) is 12.3. The Bertz CT molecular complexity index is 627. The number of fused-ring (bicyclic) bond motifs is 3. The Kier molecular flexibility index (Phi) is 2.97. The number of aromatic nitrogens is 1. The average Bonchev–Trinajstić information content (AvgIpc) is 3.11. The summed E-state index contributed by atoms with van der Waals surface area (Å²) in [6.07, 6.45) is 6.60. The van der Waals surface area contributed by atoms with Crippen molar-refractivity contribution in [2.75, 3.05) is 7.05 Å². The maximum atomic E-state index is 6.02. The van der Waals surface area contributed by atoms with Gasteiger partial charge >= 0.3 is 0 Å². The van der Waals surface area contributed by atoms with Gasteiger partial charge in [0, 0.05) is 23.5 Å². The van der Waals surface area contributed by atoms with E-state index in [2.05, 4.69) is 34.6 Å². The number of hydrogen-bond acceptors (Lipinski definition) is 3. The average molecular weight is 268 g/mol. The molecule has 1 aromatic carbocycles. The highest BCUT2D eigenvalue weighted by Crippen LogP contribution is 2.44. The first-order valence-electron chi connectivity index (χ1n) is 7.52. The number of benzene rings is 1. The van der Waals surface area contributed by atoms with E-state index in [-0.39, 0.29) is 0 Å². The van der Waals surface area contributed by atoms with E-state index in [1.54, 1.807) is 0 Å². The van der Waals surface area contributed by atoms with Crippen LogP contribution in [0.5, 0.6) is 0 Å². The molecule has 4 atom stereocenters. The number of ether oxygens (including phenoxy) is 1. The van der Waals surface area contributed by atoms with Crippen molar-refractivity contribution >= 4 is 10.9 Å². The second-order valence-corrected chi connectivity index (χ2v) is 6.00. The Balaban J connectivity index is 1.68. The van der Waals surface area contributed by atoms with Crippen LogP contribution in [0.15, 0.2) is 36.5 Å². The van der Waals surface area contributed by atoms with Crippen molar-refractivity contribution in [3.05, 3.63) is 42.1 Å². The summed E-state index contributed by atoms with van der Waals surface area (Å²) in [5, 5.41) is 4.71. The molecule has 0 spiro atoms. The summed E-state index contributed by atoms with van der Waals surface area (Å²) in [4.78, 5) is 4.60. The molecule has 4 unspecified atom stereocenters. The second kappa shape index (κ2) is 4.83. The third-order valence-corrected chi connectivity index (χ3v) is 4.86. The van der Waals surface area contributed by atoms with E-state index in [9.17, 15) is 0 Å². The van der Waals surface area contributed by atoms with Crippen LogP contribution in [0.2, 0.25) is 0 Å². The van der Waals surface area contributed by atoms with E-state index in [1.807, 2.05) is 19.3 Å². The van der Waals surface area contributed by atoms with Crippen molar-refractivity contribution in [1.82, 2.24) is 10.3 Å². The van der Waals surface area contributed by atoms with E-state index < -0.39 is 0 Å². The van der Waals surface area contributed by atoms with Crippen LogP contribution in [0.4, 0.5) is 0 Å². The Morgan fingerprint density at radius 2 is 2.20 bits per heavy atom. The lowest BCUT2D eigenvalue weighted by molar-refractivity contribution is 0.0863. The van der Waals surface area contributed by atoms with Gasteiger partial charge in [-0.1, -0.05) is 18.2 Å². The summed E-state index contributed by atoms with van der Waals surface area (Å²) in [7, 11) is 2.05. The first-order valence-corrected chi connectivity index (χ1v) is 7.52. The van der Waals surface area contributed by atoms with Crippen LogP contribution in [-0.2, 0) is 4.74 Å². The molecule has 2 bridgehead atoms. The molecule has 3 heteroatoms. The van der Waals surface area contributed by atoms with Crippen molar-refractivity contribution in [3.8, 4) is 0 Å². The van der Waals surface area contributed by atoms with Crippen LogP contribution in [0.3, 0.4) is 0 Å². The molecule has 2 saturated heterocycles. The molecule has 0 aliphatic carbocycles. The van der Waals surface area contributed by atoms with Crippen LogP contribution in [0.25, 0.3) is 10.9 Å². The number of nitrogens with one attached hydrogen (secondary N) is 1. The van der Waals surface area contributed by atoms with Gasteiger partial charge in [-0.15, -0.1) is 0 Å². The number of rotatable bonds is 3. The largest absolute Gasteiger partial charge is 0.375 e. The van der Waals surface area contributed by atoms with Crippen molar-refractivity contribution < 1.29 is 4.74 Å². The predicted molar refractivity (Wildman–Crippen MR) is 79.5 cm³/mol. The van der Waals surface area contributed by atoms with Gasteiger partial charge in [-0.05, 0) is 44.0 Å². The molecule has 0 amide bonds. The standard InChI is InChI=1S/C17H20N2O/c1-18-17(14-9-13-6-7-16(14)20-13)12-8-11-4-2-3-5-15(11)19-10-12/h2-5,8,10,13-14,16-18H,6-7,9H2,1H3. The number of nitrogens with zero attached hydrogens (tertiary/aromatic N) is 1. The van der Waals surface area contributed by atoms with E-state index in [1.165, 1.54) is 30.2 Å². The van der Waals surface area contributed by atoms with Gasteiger partial charge in [0.2, 0.25) is 0 Å². The lowest BCUT2D eigenvalue weighted by Crippen LogP contribution is -2.31. The number of para-hydroxylation sites is 1. The zero-order valence-corrected chi connectivity index (χ0v) is 11.8. The highest BCUT2D eigenvalue weighted by Gasteiger charge is 2.44. The van der Waals surface area contributed by atoms with Gasteiger partial charge in [0.15, 0.2) is 0 Å². The predicted octanol–water partition coefficient (Wildman–Crippen LogP) is 3.06. The van der Waals surface area contributed by atoms with Crippen molar-refractivity contribution in [2.45, 2.75) is 37.5 Å². The monoisotopic (exact) mass is 268 g/mol. The smallest absolute Gasteiger partial charge is 0.0702 e. The molecule has 1 aromatic heterocycles. The van der Waals surface area contributed by atoms with Gasteiger partial charge in [0.05, 0.1) is 17.7 Å². The molecule has 2 aliphatic heterocycles.